The molecule has 1 amide bonds. The monoisotopic (exact) mass is 290 g/mol. The third kappa shape index (κ3) is 4.29. The molecule has 1 aliphatic rings. The van der Waals surface area contributed by atoms with Crippen molar-refractivity contribution >= 4 is 5.91 Å². The van der Waals surface area contributed by atoms with Crippen LogP contribution in [0, 0.1) is 11.3 Å². The lowest BCUT2D eigenvalue weighted by Gasteiger charge is -2.22. The molecule has 21 heavy (non-hydrogen) atoms. The minimum absolute atomic E-state index is 0.0371. The summed E-state index contributed by atoms with van der Waals surface area (Å²) >= 11 is 0. The van der Waals surface area contributed by atoms with Crippen LogP contribution in [0.3, 0.4) is 0 Å². The number of nitrogens with two attached hydrogens (primary N) is 1. The highest BCUT2D eigenvalue weighted by Crippen LogP contribution is 2.48. The molecule has 4 nitrogen and oxygen atoms in total. The molecule has 0 radical (unpaired) electrons. The van der Waals surface area contributed by atoms with Crippen molar-refractivity contribution in [2.75, 3.05) is 20.3 Å². The molecule has 4 heteroatoms. The van der Waals surface area contributed by atoms with E-state index in [2.05, 4.69) is 5.32 Å². The van der Waals surface area contributed by atoms with E-state index in [4.69, 9.17) is 10.5 Å². The highest BCUT2D eigenvalue weighted by molar-refractivity contribution is 5.79. The van der Waals surface area contributed by atoms with Gasteiger partial charge < -0.3 is 15.8 Å². The Balaban J connectivity index is 1.83. The molecule has 2 rings (SSSR count). The molecule has 1 aromatic carbocycles. The van der Waals surface area contributed by atoms with E-state index >= 15 is 0 Å². The predicted octanol–water partition coefficient (Wildman–Crippen LogP) is 2.26. The van der Waals surface area contributed by atoms with E-state index < -0.39 is 0 Å². The van der Waals surface area contributed by atoms with E-state index in [1.807, 2.05) is 37.3 Å². The maximum atomic E-state index is 12.3. The first-order valence-electron chi connectivity index (χ1n) is 7.65. The molecule has 0 heterocycles. The fourth-order valence-corrected chi connectivity index (χ4v) is 2.57. The summed E-state index contributed by atoms with van der Waals surface area (Å²) < 4.78 is 5.14. The molecule has 0 bridgehead atoms. The lowest BCUT2D eigenvalue weighted by atomic mass is 9.94. The van der Waals surface area contributed by atoms with Crippen molar-refractivity contribution in [1.29, 1.82) is 0 Å². The summed E-state index contributed by atoms with van der Waals surface area (Å²) in [7, 11) is 1.72. The summed E-state index contributed by atoms with van der Waals surface area (Å²) in [6, 6.07) is 9.52. The molecule has 1 saturated carbocycles. The van der Waals surface area contributed by atoms with E-state index in [1.54, 1.807) is 7.11 Å². The van der Waals surface area contributed by atoms with Crippen molar-refractivity contribution < 1.29 is 9.53 Å². The molecule has 0 aliphatic heterocycles. The van der Waals surface area contributed by atoms with Crippen molar-refractivity contribution in [3.63, 3.8) is 0 Å². The summed E-state index contributed by atoms with van der Waals surface area (Å²) in [5, 5.41) is 3.07. The van der Waals surface area contributed by atoms with Gasteiger partial charge in [0.2, 0.25) is 5.91 Å². The Morgan fingerprint density at radius 2 is 2.05 bits per heavy atom. The van der Waals surface area contributed by atoms with Crippen molar-refractivity contribution in [2.45, 2.75) is 32.2 Å². The maximum absolute atomic E-state index is 12.3. The van der Waals surface area contributed by atoms with Crippen LogP contribution in [0.4, 0.5) is 0 Å². The van der Waals surface area contributed by atoms with Crippen LogP contribution in [-0.2, 0) is 9.53 Å². The number of rotatable bonds is 8. The minimum atomic E-state index is -0.264. The number of methoxy groups -OCH3 is 1. The number of hydrogen-bond donors (Lipinski definition) is 2. The molecule has 3 N–H and O–H groups in total. The Labute approximate surface area is 127 Å². The zero-order valence-electron chi connectivity index (χ0n) is 13.0. The molecule has 2 unspecified atom stereocenters. The summed E-state index contributed by atoms with van der Waals surface area (Å²) in [6.45, 7) is 3.39. The van der Waals surface area contributed by atoms with E-state index in [1.165, 1.54) is 12.8 Å². The van der Waals surface area contributed by atoms with Gasteiger partial charge in [0.05, 0.1) is 5.92 Å². The van der Waals surface area contributed by atoms with Gasteiger partial charge in [-0.05, 0) is 30.2 Å². The largest absolute Gasteiger partial charge is 0.385 e. The molecular formula is C17H26N2O2. The van der Waals surface area contributed by atoms with Crippen molar-refractivity contribution in [3.8, 4) is 0 Å². The van der Waals surface area contributed by atoms with Crippen LogP contribution in [0.5, 0.6) is 0 Å². The first-order valence-corrected chi connectivity index (χ1v) is 7.65. The Morgan fingerprint density at radius 3 is 2.62 bits per heavy atom. The SMILES string of the molecule is COCCC1(CNC(=O)C(C)C(N)c2ccccc2)CC1. The Hall–Kier alpha value is -1.39. The number of nitrogens with one attached hydrogen (secondary N) is 1. The highest BCUT2D eigenvalue weighted by Gasteiger charge is 2.42. The minimum Gasteiger partial charge on any atom is -0.385 e. The van der Waals surface area contributed by atoms with E-state index in [-0.39, 0.29) is 23.3 Å². The number of amides is 1. The van der Waals surface area contributed by atoms with Gasteiger partial charge in [0.15, 0.2) is 0 Å². The van der Waals surface area contributed by atoms with Gasteiger partial charge in [0, 0.05) is 26.3 Å². The third-order valence-corrected chi connectivity index (χ3v) is 4.57. The molecule has 1 aliphatic carbocycles. The molecule has 0 spiro atoms. The van der Waals surface area contributed by atoms with E-state index in [9.17, 15) is 4.79 Å². The average Bonchev–Trinajstić information content (AvgIpc) is 3.30. The molecule has 1 fully saturated rings. The maximum Gasteiger partial charge on any atom is 0.224 e. The first-order chi connectivity index (χ1) is 10.1. The van der Waals surface area contributed by atoms with Gasteiger partial charge in [0.1, 0.15) is 0 Å². The zero-order chi connectivity index (χ0) is 15.3. The molecule has 0 aromatic heterocycles. The number of hydrogen-bond acceptors (Lipinski definition) is 3. The third-order valence-electron chi connectivity index (χ3n) is 4.57. The molecule has 0 saturated heterocycles. The van der Waals surface area contributed by atoms with Crippen LogP contribution < -0.4 is 11.1 Å². The van der Waals surface area contributed by atoms with Gasteiger partial charge >= 0.3 is 0 Å². The first kappa shape index (κ1) is 16.0. The van der Waals surface area contributed by atoms with Gasteiger partial charge in [-0.25, -0.2) is 0 Å². The van der Waals surface area contributed by atoms with Crippen LogP contribution in [-0.4, -0.2) is 26.2 Å². The molecule has 1 aromatic rings. The quantitative estimate of drug-likeness (QED) is 0.772. The van der Waals surface area contributed by atoms with Gasteiger partial charge in [-0.3, -0.25) is 4.79 Å². The molecular weight excluding hydrogens is 264 g/mol. The lowest BCUT2D eigenvalue weighted by molar-refractivity contribution is -0.125. The standard InChI is InChI=1S/C17H26N2O2/c1-13(15(18)14-6-4-3-5-7-14)16(20)19-12-17(8-9-17)10-11-21-2/h3-7,13,15H,8-12,18H2,1-2H3,(H,19,20). The van der Waals surface area contributed by atoms with Gasteiger partial charge in [0.25, 0.3) is 0 Å². The summed E-state index contributed by atoms with van der Waals surface area (Å²) in [4.78, 5) is 12.3. The second kappa shape index (κ2) is 7.05. The molecule has 2 atom stereocenters. The van der Waals surface area contributed by atoms with Crippen molar-refractivity contribution in [2.24, 2.45) is 17.1 Å². The van der Waals surface area contributed by atoms with Gasteiger partial charge in [-0.1, -0.05) is 37.3 Å². The smallest absolute Gasteiger partial charge is 0.224 e. The van der Waals surface area contributed by atoms with Crippen LogP contribution in [0.25, 0.3) is 0 Å². The Bertz CT molecular complexity index is 457. The highest BCUT2D eigenvalue weighted by atomic mass is 16.5. The van der Waals surface area contributed by atoms with Crippen molar-refractivity contribution in [3.05, 3.63) is 35.9 Å². The second-order valence-electron chi connectivity index (χ2n) is 6.19. The summed E-state index contributed by atoms with van der Waals surface area (Å²) in [5.74, 6) is -0.194. The van der Waals surface area contributed by atoms with Crippen LogP contribution in [0.15, 0.2) is 30.3 Å². The number of carbonyl (C=O) groups excluding carboxylic acids is 1. The summed E-state index contributed by atoms with van der Waals surface area (Å²) in [5.41, 5.74) is 7.46. The van der Waals surface area contributed by atoms with Crippen LogP contribution >= 0.6 is 0 Å². The zero-order valence-corrected chi connectivity index (χ0v) is 13.0. The average molecular weight is 290 g/mol. The fourth-order valence-electron chi connectivity index (χ4n) is 2.57. The van der Waals surface area contributed by atoms with Crippen molar-refractivity contribution in [1.82, 2.24) is 5.32 Å². The topological polar surface area (TPSA) is 64.3 Å². The summed E-state index contributed by atoms with van der Waals surface area (Å²) in [6.07, 6.45) is 3.37. The Kier molecular flexibility index (Phi) is 5.37. The fraction of sp³-hybridized carbons (Fsp3) is 0.588. The van der Waals surface area contributed by atoms with Crippen LogP contribution in [0.1, 0.15) is 37.8 Å². The van der Waals surface area contributed by atoms with E-state index in [0.717, 1.165) is 25.1 Å². The van der Waals surface area contributed by atoms with Crippen LogP contribution in [0.2, 0.25) is 0 Å². The number of ether oxygens (including phenoxy) is 1. The number of benzene rings is 1. The predicted molar refractivity (Wildman–Crippen MR) is 83.7 cm³/mol. The van der Waals surface area contributed by atoms with Gasteiger partial charge in [-0.2, -0.15) is 0 Å². The second-order valence-corrected chi connectivity index (χ2v) is 6.19. The lowest BCUT2D eigenvalue weighted by Crippen LogP contribution is -2.38. The number of carbonyl (C=O) groups is 1. The Morgan fingerprint density at radius 1 is 1.38 bits per heavy atom. The van der Waals surface area contributed by atoms with E-state index in [0.29, 0.717) is 0 Å². The normalized spacial score (nSPS) is 18.8. The molecule has 116 valence electrons. The van der Waals surface area contributed by atoms with Gasteiger partial charge in [-0.15, -0.1) is 0 Å².